The molecule has 48 valence electrons. The summed E-state index contributed by atoms with van der Waals surface area (Å²) in [6.45, 7) is 0. The molecular weight excluding hydrogens is 120 g/mol. The van der Waals surface area contributed by atoms with Crippen molar-refractivity contribution < 1.29 is 0 Å². The summed E-state index contributed by atoms with van der Waals surface area (Å²) < 4.78 is 0. The van der Waals surface area contributed by atoms with E-state index in [0.717, 1.165) is 0 Å². The number of allylic oxidation sites excluding steroid dienone is 8. The van der Waals surface area contributed by atoms with Gasteiger partial charge in [0.05, 0.1) is 0 Å². The molecule has 2 rings (SSSR count). The Morgan fingerprint density at radius 1 is 1.10 bits per heavy atom. The van der Waals surface area contributed by atoms with E-state index in [1.807, 2.05) is 18.2 Å². The van der Waals surface area contributed by atoms with Crippen LogP contribution in [0.5, 0.6) is 0 Å². The lowest BCUT2D eigenvalue weighted by Gasteiger charge is -2.00. The van der Waals surface area contributed by atoms with Gasteiger partial charge in [0.25, 0.3) is 0 Å². The van der Waals surface area contributed by atoms with Crippen LogP contribution in [0.2, 0.25) is 0 Å². The van der Waals surface area contributed by atoms with Crippen LogP contribution >= 0.6 is 0 Å². The second-order valence-electron chi connectivity index (χ2n) is 2.42. The third-order valence-electron chi connectivity index (χ3n) is 1.73. The smallest absolute Gasteiger partial charge is 0.0385 e. The van der Waals surface area contributed by atoms with E-state index in [2.05, 4.69) is 30.7 Å². The van der Waals surface area contributed by atoms with Crippen molar-refractivity contribution in [2.75, 3.05) is 0 Å². The predicted molar refractivity (Wildman–Crippen MR) is 42.2 cm³/mol. The molecule has 10 heavy (non-hydrogen) atoms. The molecule has 0 bridgehead atoms. The normalized spacial score (nSPS) is 28.0. The van der Waals surface area contributed by atoms with E-state index in [0.29, 0.717) is 5.92 Å². The van der Waals surface area contributed by atoms with Crippen LogP contribution in [0.1, 0.15) is 0 Å². The molecule has 0 aliphatic heterocycles. The highest BCUT2D eigenvalue weighted by atomic mass is 14.2. The average molecular weight is 128 g/mol. The number of hydrogen-bond donors (Lipinski definition) is 0. The predicted octanol–water partition coefficient (Wildman–Crippen LogP) is 2.31. The van der Waals surface area contributed by atoms with Crippen molar-refractivity contribution in [1.29, 1.82) is 0 Å². The van der Waals surface area contributed by atoms with Crippen molar-refractivity contribution in [2.45, 2.75) is 0 Å². The van der Waals surface area contributed by atoms with E-state index in [9.17, 15) is 0 Å². The molecule has 2 radical (unpaired) electrons. The lowest BCUT2D eigenvalue weighted by molar-refractivity contribution is 1.03. The van der Waals surface area contributed by atoms with E-state index in [1.165, 1.54) is 5.57 Å². The maximum absolute atomic E-state index is 3.18. The van der Waals surface area contributed by atoms with Gasteiger partial charge in [-0.25, -0.2) is 0 Å². The fourth-order valence-corrected chi connectivity index (χ4v) is 1.18. The third-order valence-corrected chi connectivity index (χ3v) is 1.73. The molecule has 2 aliphatic rings. The first-order valence-electron chi connectivity index (χ1n) is 3.45. The van der Waals surface area contributed by atoms with Crippen LogP contribution in [0, 0.1) is 12.3 Å². The van der Waals surface area contributed by atoms with E-state index in [1.54, 1.807) is 0 Å². The van der Waals surface area contributed by atoms with Crippen LogP contribution in [-0.4, -0.2) is 0 Å². The zero-order valence-corrected chi connectivity index (χ0v) is 5.62. The molecule has 1 atom stereocenters. The van der Waals surface area contributed by atoms with Gasteiger partial charge < -0.3 is 0 Å². The second-order valence-corrected chi connectivity index (χ2v) is 2.42. The maximum atomic E-state index is 3.18. The third kappa shape index (κ3) is 0.860. The van der Waals surface area contributed by atoms with Crippen LogP contribution in [0.4, 0.5) is 0 Å². The van der Waals surface area contributed by atoms with E-state index >= 15 is 0 Å². The Morgan fingerprint density at radius 2 is 2.10 bits per heavy atom. The average Bonchev–Trinajstić information content (AvgIpc) is 2.28. The molecule has 0 N–H and O–H groups in total. The van der Waals surface area contributed by atoms with Gasteiger partial charge in [-0.3, -0.25) is 0 Å². The summed E-state index contributed by atoms with van der Waals surface area (Å²) in [5, 5.41) is 0. The zero-order chi connectivity index (χ0) is 6.81. The Morgan fingerprint density at radius 3 is 3.10 bits per heavy atom. The zero-order valence-electron chi connectivity index (χ0n) is 5.62. The number of hydrogen-bond acceptors (Lipinski definition) is 0. The van der Waals surface area contributed by atoms with Crippen LogP contribution in [-0.2, 0) is 0 Å². The van der Waals surface area contributed by atoms with Crippen LogP contribution < -0.4 is 0 Å². The first-order chi connectivity index (χ1) is 4.97. The lowest BCUT2D eigenvalue weighted by Crippen LogP contribution is -1.88. The van der Waals surface area contributed by atoms with E-state index < -0.39 is 0 Å². The molecule has 1 unspecified atom stereocenters. The van der Waals surface area contributed by atoms with E-state index in [-0.39, 0.29) is 0 Å². The maximum Gasteiger partial charge on any atom is 0.0385 e. The molecule has 0 fully saturated rings. The van der Waals surface area contributed by atoms with Crippen LogP contribution in [0.25, 0.3) is 0 Å². The van der Waals surface area contributed by atoms with Crippen LogP contribution in [0.3, 0.4) is 0 Å². The minimum Gasteiger partial charge on any atom is -0.0766 e. The molecule has 0 nitrogen and oxygen atoms in total. The van der Waals surface area contributed by atoms with Crippen molar-refractivity contribution in [3.63, 3.8) is 0 Å². The summed E-state index contributed by atoms with van der Waals surface area (Å²) in [5.74, 6) is 0.481. The van der Waals surface area contributed by atoms with E-state index in [4.69, 9.17) is 0 Å². The highest BCUT2D eigenvalue weighted by Crippen LogP contribution is 2.25. The molecule has 2 aliphatic carbocycles. The summed E-state index contributed by atoms with van der Waals surface area (Å²) in [7, 11) is 0. The van der Waals surface area contributed by atoms with Crippen molar-refractivity contribution in [3.8, 4) is 0 Å². The van der Waals surface area contributed by atoms with Gasteiger partial charge in [0.1, 0.15) is 0 Å². The van der Waals surface area contributed by atoms with Gasteiger partial charge in [-0.2, -0.15) is 0 Å². The Balaban J connectivity index is 2.35. The second kappa shape index (κ2) is 2.30. The SMILES string of the molecule is [C]1C=CC2C=CC=CC=C12. The quantitative estimate of drug-likeness (QED) is 0.469. The first kappa shape index (κ1) is 5.72. The van der Waals surface area contributed by atoms with Gasteiger partial charge in [0.15, 0.2) is 0 Å². The van der Waals surface area contributed by atoms with Crippen molar-refractivity contribution in [2.24, 2.45) is 5.92 Å². The van der Waals surface area contributed by atoms with Gasteiger partial charge in [-0.1, -0.05) is 42.5 Å². The first-order valence-corrected chi connectivity index (χ1v) is 3.45. The summed E-state index contributed by atoms with van der Waals surface area (Å²) in [5.41, 5.74) is 1.27. The van der Waals surface area contributed by atoms with Gasteiger partial charge in [0, 0.05) is 12.3 Å². The molecule has 0 aromatic rings. The topological polar surface area (TPSA) is 0 Å². The molecule has 0 amide bonds. The molecule has 0 heteroatoms. The van der Waals surface area contributed by atoms with Gasteiger partial charge >= 0.3 is 0 Å². The minimum absolute atomic E-state index is 0.481. The minimum atomic E-state index is 0.481. The Kier molecular flexibility index (Phi) is 1.31. The summed E-state index contributed by atoms with van der Waals surface area (Å²) in [6, 6.07) is 0. The van der Waals surface area contributed by atoms with Crippen molar-refractivity contribution in [3.05, 3.63) is 54.5 Å². The molecule has 0 spiro atoms. The van der Waals surface area contributed by atoms with Gasteiger partial charge in [-0.05, 0) is 5.57 Å². The monoisotopic (exact) mass is 128 g/mol. The Hall–Kier alpha value is -1.04. The van der Waals surface area contributed by atoms with Crippen molar-refractivity contribution in [1.82, 2.24) is 0 Å². The van der Waals surface area contributed by atoms with Gasteiger partial charge in [-0.15, -0.1) is 0 Å². The number of fused-ring (bicyclic) bond motifs is 1. The largest absolute Gasteiger partial charge is 0.0766 e. The molecule has 0 aromatic heterocycles. The highest BCUT2D eigenvalue weighted by Gasteiger charge is 2.12. The fourth-order valence-electron chi connectivity index (χ4n) is 1.18. The molecule has 0 saturated heterocycles. The fraction of sp³-hybridized carbons (Fsp3) is 0.100. The Labute approximate surface area is 61.3 Å². The molecule has 0 saturated carbocycles. The Bertz CT molecular complexity index is 239. The molecule has 0 heterocycles. The van der Waals surface area contributed by atoms with Gasteiger partial charge in [0.2, 0.25) is 0 Å². The summed E-state index contributed by atoms with van der Waals surface area (Å²) in [6.07, 6.45) is 17.8. The molecular formula is C10H8. The van der Waals surface area contributed by atoms with Crippen molar-refractivity contribution >= 4 is 0 Å². The van der Waals surface area contributed by atoms with Crippen LogP contribution in [0.15, 0.2) is 48.1 Å². The summed E-state index contributed by atoms with van der Waals surface area (Å²) >= 11 is 0. The standard InChI is InChI=1S/C10H8/c1-2-5-9-7-4-8-10(9)6-3-1/h1-7,9H. The lowest BCUT2D eigenvalue weighted by atomic mass is 10.0. The number of rotatable bonds is 0. The highest BCUT2D eigenvalue weighted by molar-refractivity contribution is 5.42. The summed E-state index contributed by atoms with van der Waals surface area (Å²) in [4.78, 5) is 0. The molecule has 0 aromatic carbocycles.